The Morgan fingerprint density at radius 1 is 0.833 bits per heavy atom. The van der Waals surface area contributed by atoms with E-state index < -0.39 is 10.9 Å². The molecule has 3 aromatic rings. The SMILES string of the molecule is CC(=O)c1ccc(Nc2c(NCCNc3cc(N4CCCC4)nc(N4CCCC4)n3)c(=O)c2=O)cc1. The molecule has 0 amide bonds. The molecular formula is C26H31N7O3. The molecule has 0 spiro atoms. The first-order chi connectivity index (χ1) is 17.5. The molecule has 2 fully saturated rings. The van der Waals surface area contributed by atoms with Crippen LogP contribution in [-0.2, 0) is 0 Å². The van der Waals surface area contributed by atoms with Crippen molar-refractivity contribution in [2.24, 2.45) is 0 Å². The highest BCUT2D eigenvalue weighted by Crippen LogP contribution is 2.26. The van der Waals surface area contributed by atoms with Gasteiger partial charge in [-0.3, -0.25) is 14.4 Å². The highest BCUT2D eigenvalue weighted by Gasteiger charge is 2.22. The van der Waals surface area contributed by atoms with Gasteiger partial charge in [0.1, 0.15) is 23.0 Å². The second kappa shape index (κ2) is 10.3. The topological polar surface area (TPSA) is 120 Å². The van der Waals surface area contributed by atoms with Crippen LogP contribution >= 0.6 is 0 Å². The van der Waals surface area contributed by atoms with Crippen molar-refractivity contribution in [2.75, 3.05) is 65.0 Å². The fraction of sp³-hybridized carbons (Fsp3) is 0.423. The Balaban J connectivity index is 1.21. The van der Waals surface area contributed by atoms with E-state index in [4.69, 9.17) is 9.97 Å². The molecule has 1 aromatic heterocycles. The van der Waals surface area contributed by atoms with Gasteiger partial charge in [0.25, 0.3) is 10.9 Å². The molecule has 0 atom stereocenters. The molecule has 5 rings (SSSR count). The lowest BCUT2D eigenvalue weighted by atomic mass is 10.1. The number of carbonyl (C=O) groups excluding carboxylic acids is 1. The Bertz CT molecular complexity index is 1270. The molecule has 2 aliphatic rings. The van der Waals surface area contributed by atoms with Crippen LogP contribution in [-0.4, -0.2) is 55.0 Å². The monoisotopic (exact) mass is 489 g/mol. The Kier molecular flexibility index (Phi) is 6.84. The molecule has 0 bridgehead atoms. The van der Waals surface area contributed by atoms with E-state index in [9.17, 15) is 14.4 Å². The minimum absolute atomic E-state index is 0.0330. The van der Waals surface area contributed by atoms with Crippen LogP contribution in [0.25, 0.3) is 0 Å². The summed E-state index contributed by atoms with van der Waals surface area (Å²) >= 11 is 0. The van der Waals surface area contributed by atoms with Gasteiger partial charge in [-0.25, -0.2) is 0 Å². The number of anilines is 6. The largest absolute Gasteiger partial charge is 0.378 e. The average Bonchev–Trinajstić information content (AvgIpc) is 3.63. The molecule has 0 saturated carbocycles. The third-order valence-electron chi connectivity index (χ3n) is 6.72. The van der Waals surface area contributed by atoms with Gasteiger partial charge in [0.05, 0.1) is 0 Å². The lowest BCUT2D eigenvalue weighted by Gasteiger charge is -2.22. The molecular weight excluding hydrogens is 458 g/mol. The number of nitrogens with one attached hydrogen (secondary N) is 3. The van der Waals surface area contributed by atoms with Crippen molar-refractivity contribution in [3.05, 3.63) is 56.3 Å². The number of Topliss-reactive ketones (excluding diaryl/α,β-unsaturated/α-hetero) is 1. The number of hydrogen-bond acceptors (Lipinski definition) is 10. The summed E-state index contributed by atoms with van der Waals surface area (Å²) < 4.78 is 0. The van der Waals surface area contributed by atoms with Gasteiger partial charge in [-0.05, 0) is 56.9 Å². The highest BCUT2D eigenvalue weighted by atomic mass is 16.2. The molecule has 188 valence electrons. The molecule has 3 N–H and O–H groups in total. The van der Waals surface area contributed by atoms with E-state index >= 15 is 0 Å². The maximum absolute atomic E-state index is 12.1. The summed E-state index contributed by atoms with van der Waals surface area (Å²) in [6.07, 6.45) is 4.66. The van der Waals surface area contributed by atoms with Gasteiger partial charge in [-0.1, -0.05) is 0 Å². The quantitative estimate of drug-likeness (QED) is 0.223. The second-order valence-corrected chi connectivity index (χ2v) is 9.32. The molecule has 0 radical (unpaired) electrons. The van der Waals surface area contributed by atoms with Crippen molar-refractivity contribution in [2.45, 2.75) is 32.6 Å². The van der Waals surface area contributed by atoms with Crippen LogP contribution in [0, 0.1) is 0 Å². The minimum Gasteiger partial charge on any atom is -0.378 e. The van der Waals surface area contributed by atoms with E-state index in [1.54, 1.807) is 24.3 Å². The Labute approximate surface area is 209 Å². The summed E-state index contributed by atoms with van der Waals surface area (Å²) in [5.41, 5.74) is 0.648. The van der Waals surface area contributed by atoms with Crippen LogP contribution in [0.2, 0.25) is 0 Å². The Morgan fingerprint density at radius 3 is 2.11 bits per heavy atom. The van der Waals surface area contributed by atoms with E-state index in [0.717, 1.165) is 56.6 Å². The van der Waals surface area contributed by atoms with Gasteiger partial charge in [-0.15, -0.1) is 0 Å². The standard InChI is InChI=1S/C26H31N7O3/c1-17(34)18-6-8-19(9-7-18)29-23-22(24(35)25(23)36)28-11-10-27-20-16-21(32-12-2-3-13-32)31-26(30-20)33-14-4-5-15-33/h6-9,16,28-29H,2-5,10-15H2,1H3,(H,27,30,31). The van der Waals surface area contributed by atoms with E-state index in [2.05, 4.69) is 25.8 Å². The highest BCUT2D eigenvalue weighted by molar-refractivity contribution is 5.94. The van der Waals surface area contributed by atoms with Crippen molar-refractivity contribution < 1.29 is 4.79 Å². The number of carbonyl (C=O) groups is 1. The molecule has 2 saturated heterocycles. The lowest BCUT2D eigenvalue weighted by molar-refractivity contribution is 0.101. The summed E-state index contributed by atoms with van der Waals surface area (Å²) in [5.74, 6) is 2.43. The van der Waals surface area contributed by atoms with Crippen molar-refractivity contribution >= 4 is 40.4 Å². The number of hydrogen-bond donors (Lipinski definition) is 3. The van der Waals surface area contributed by atoms with Gasteiger partial charge in [0.15, 0.2) is 5.78 Å². The normalized spacial score (nSPS) is 15.5. The molecule has 3 heterocycles. The average molecular weight is 490 g/mol. The van der Waals surface area contributed by atoms with Crippen LogP contribution in [0.1, 0.15) is 43.0 Å². The van der Waals surface area contributed by atoms with Gasteiger partial charge in [0.2, 0.25) is 5.95 Å². The first kappa shape index (κ1) is 23.8. The zero-order chi connectivity index (χ0) is 25.1. The molecule has 2 aliphatic heterocycles. The molecule has 10 nitrogen and oxygen atoms in total. The smallest absolute Gasteiger partial charge is 0.253 e. The molecule has 36 heavy (non-hydrogen) atoms. The van der Waals surface area contributed by atoms with Gasteiger partial charge >= 0.3 is 0 Å². The van der Waals surface area contributed by atoms with Crippen LogP contribution in [0.4, 0.5) is 34.6 Å². The first-order valence-corrected chi connectivity index (χ1v) is 12.6. The van der Waals surface area contributed by atoms with Crippen molar-refractivity contribution in [3.63, 3.8) is 0 Å². The number of aromatic nitrogens is 2. The summed E-state index contributed by atoms with van der Waals surface area (Å²) in [6.45, 7) is 6.41. The van der Waals surface area contributed by atoms with Crippen molar-refractivity contribution in [3.8, 4) is 0 Å². The summed E-state index contributed by atoms with van der Waals surface area (Å²) in [4.78, 5) is 49.8. The Hall–Kier alpha value is -3.95. The van der Waals surface area contributed by atoms with Gasteiger partial charge in [0, 0.05) is 56.6 Å². The Morgan fingerprint density at radius 2 is 1.44 bits per heavy atom. The lowest BCUT2D eigenvalue weighted by Crippen LogP contribution is -2.37. The number of rotatable bonds is 10. The minimum atomic E-state index is -0.553. The third kappa shape index (κ3) is 5.02. The van der Waals surface area contributed by atoms with Gasteiger partial charge in [-0.2, -0.15) is 9.97 Å². The molecule has 0 unspecified atom stereocenters. The van der Waals surface area contributed by atoms with E-state index in [1.807, 2.05) is 6.07 Å². The predicted octanol–water partition coefficient (Wildman–Crippen LogP) is 2.74. The van der Waals surface area contributed by atoms with E-state index in [-0.39, 0.29) is 17.2 Å². The molecule has 2 aromatic carbocycles. The summed E-state index contributed by atoms with van der Waals surface area (Å²) in [7, 11) is 0. The van der Waals surface area contributed by atoms with Crippen LogP contribution in [0.15, 0.2) is 39.9 Å². The summed E-state index contributed by atoms with van der Waals surface area (Å²) in [5, 5.41) is 9.41. The zero-order valence-corrected chi connectivity index (χ0v) is 20.5. The number of nitrogens with zero attached hydrogens (tertiary/aromatic N) is 4. The van der Waals surface area contributed by atoms with E-state index in [0.29, 0.717) is 24.3 Å². The van der Waals surface area contributed by atoms with Gasteiger partial charge < -0.3 is 25.8 Å². The van der Waals surface area contributed by atoms with Crippen LogP contribution in [0.3, 0.4) is 0 Å². The fourth-order valence-electron chi connectivity index (χ4n) is 4.67. The maximum atomic E-state index is 12.1. The first-order valence-electron chi connectivity index (χ1n) is 12.6. The number of benzene rings is 1. The van der Waals surface area contributed by atoms with E-state index in [1.165, 1.54) is 19.8 Å². The van der Waals surface area contributed by atoms with Crippen LogP contribution in [0.5, 0.6) is 0 Å². The van der Waals surface area contributed by atoms with Crippen LogP contribution < -0.4 is 36.6 Å². The maximum Gasteiger partial charge on any atom is 0.253 e. The second-order valence-electron chi connectivity index (χ2n) is 9.32. The van der Waals surface area contributed by atoms with Crippen molar-refractivity contribution in [1.82, 2.24) is 9.97 Å². The molecule has 10 heteroatoms. The number of ketones is 1. The third-order valence-corrected chi connectivity index (χ3v) is 6.72. The predicted molar refractivity (Wildman–Crippen MR) is 143 cm³/mol. The molecule has 0 aliphatic carbocycles. The summed E-state index contributed by atoms with van der Waals surface area (Å²) in [6, 6.07) is 8.78. The van der Waals surface area contributed by atoms with Crippen molar-refractivity contribution in [1.29, 1.82) is 0 Å². The fourth-order valence-corrected chi connectivity index (χ4v) is 4.67. The zero-order valence-electron chi connectivity index (χ0n) is 20.5.